The van der Waals surface area contributed by atoms with Gasteiger partial charge in [0.05, 0.1) is 11.9 Å². The molecule has 5 nitrogen and oxygen atoms in total. The fourth-order valence-electron chi connectivity index (χ4n) is 3.23. The summed E-state index contributed by atoms with van der Waals surface area (Å²) in [5.74, 6) is 0.916. The monoisotopic (exact) mass is 341 g/mol. The molecule has 2 aromatic rings. The number of benzene rings is 1. The van der Waals surface area contributed by atoms with E-state index in [1.165, 1.54) is 0 Å². The van der Waals surface area contributed by atoms with Gasteiger partial charge >= 0.3 is 6.09 Å². The molecule has 1 N–H and O–H groups in total. The van der Waals surface area contributed by atoms with Crippen LogP contribution in [0.4, 0.5) is 4.79 Å². The lowest BCUT2D eigenvalue weighted by Crippen LogP contribution is -2.47. The van der Waals surface area contributed by atoms with Crippen LogP contribution in [0.5, 0.6) is 0 Å². The Morgan fingerprint density at radius 3 is 2.76 bits per heavy atom. The third-order valence-corrected chi connectivity index (χ3v) is 4.40. The molecule has 1 atom stereocenters. The lowest BCUT2D eigenvalue weighted by Gasteiger charge is -2.36. The molecule has 2 heterocycles. The minimum absolute atomic E-state index is 0.137. The van der Waals surface area contributed by atoms with E-state index in [4.69, 9.17) is 4.74 Å². The predicted octanol–water partition coefficient (Wildman–Crippen LogP) is 4.41. The Morgan fingerprint density at radius 2 is 2.04 bits per heavy atom. The Balaban J connectivity index is 1.70. The number of ether oxygens (including phenoxy) is 1. The Kier molecular flexibility index (Phi) is 5.11. The number of aromatic amines is 1. The van der Waals surface area contributed by atoms with Gasteiger partial charge in [0.2, 0.25) is 0 Å². The van der Waals surface area contributed by atoms with Crippen LogP contribution in [-0.4, -0.2) is 39.1 Å². The summed E-state index contributed by atoms with van der Waals surface area (Å²) in [7, 11) is 0. The Morgan fingerprint density at radius 1 is 1.28 bits per heavy atom. The number of amides is 1. The molecular weight excluding hydrogens is 314 g/mol. The van der Waals surface area contributed by atoms with Gasteiger partial charge in [0, 0.05) is 19.0 Å². The van der Waals surface area contributed by atoms with Crippen molar-refractivity contribution in [2.24, 2.45) is 0 Å². The van der Waals surface area contributed by atoms with Gasteiger partial charge in [0.25, 0.3) is 0 Å². The number of hydrogen-bond donors (Lipinski definition) is 1. The van der Waals surface area contributed by atoms with Crippen LogP contribution in [0.25, 0.3) is 11.3 Å². The van der Waals surface area contributed by atoms with Crippen molar-refractivity contribution in [3.63, 3.8) is 0 Å². The highest BCUT2D eigenvalue weighted by atomic mass is 16.6. The van der Waals surface area contributed by atoms with E-state index in [-0.39, 0.29) is 12.1 Å². The summed E-state index contributed by atoms with van der Waals surface area (Å²) < 4.78 is 5.58. The van der Waals surface area contributed by atoms with Crippen LogP contribution < -0.4 is 0 Å². The van der Waals surface area contributed by atoms with Crippen LogP contribution in [-0.2, 0) is 11.2 Å². The van der Waals surface area contributed by atoms with Gasteiger partial charge in [-0.2, -0.15) is 0 Å². The molecule has 0 spiro atoms. The molecule has 1 aromatic heterocycles. The normalized spacial score (nSPS) is 18.2. The maximum atomic E-state index is 12.5. The molecule has 1 fully saturated rings. The van der Waals surface area contributed by atoms with Crippen LogP contribution in [0.1, 0.15) is 45.9 Å². The molecule has 0 saturated carbocycles. The largest absolute Gasteiger partial charge is 0.444 e. The maximum Gasteiger partial charge on any atom is 0.410 e. The molecule has 1 aromatic carbocycles. The fraction of sp³-hybridized carbons (Fsp3) is 0.500. The number of nitrogens with one attached hydrogen (secondary N) is 1. The summed E-state index contributed by atoms with van der Waals surface area (Å²) >= 11 is 0. The molecule has 1 saturated heterocycles. The summed E-state index contributed by atoms with van der Waals surface area (Å²) in [6.45, 7) is 6.47. The van der Waals surface area contributed by atoms with Crippen molar-refractivity contribution in [2.75, 3.05) is 6.54 Å². The van der Waals surface area contributed by atoms with E-state index in [0.717, 1.165) is 49.3 Å². The summed E-state index contributed by atoms with van der Waals surface area (Å²) in [6, 6.07) is 10.3. The highest BCUT2D eigenvalue weighted by Gasteiger charge is 2.31. The van der Waals surface area contributed by atoms with Gasteiger partial charge in [-0.25, -0.2) is 9.78 Å². The van der Waals surface area contributed by atoms with E-state index in [1.54, 1.807) is 0 Å². The molecule has 0 bridgehead atoms. The fourth-order valence-corrected chi connectivity index (χ4v) is 3.23. The number of nitrogens with zero attached hydrogens (tertiary/aromatic N) is 2. The number of likely N-dealkylation sites (tertiary alicyclic amines) is 1. The van der Waals surface area contributed by atoms with Gasteiger partial charge in [-0.05, 0) is 45.6 Å². The van der Waals surface area contributed by atoms with Crippen LogP contribution in [0.2, 0.25) is 0 Å². The molecule has 5 heteroatoms. The van der Waals surface area contributed by atoms with Crippen molar-refractivity contribution in [2.45, 2.75) is 58.1 Å². The number of piperidine rings is 1. The zero-order valence-electron chi connectivity index (χ0n) is 15.3. The maximum absolute atomic E-state index is 12.5. The predicted molar refractivity (Wildman–Crippen MR) is 98.3 cm³/mol. The molecular formula is C20H27N3O2. The third-order valence-electron chi connectivity index (χ3n) is 4.40. The van der Waals surface area contributed by atoms with Crippen LogP contribution in [0.3, 0.4) is 0 Å². The van der Waals surface area contributed by atoms with E-state index >= 15 is 0 Å². The van der Waals surface area contributed by atoms with E-state index in [1.807, 2.05) is 50.1 Å². The zero-order chi connectivity index (χ0) is 17.9. The Hall–Kier alpha value is -2.30. The lowest BCUT2D eigenvalue weighted by molar-refractivity contribution is 0.00976. The summed E-state index contributed by atoms with van der Waals surface area (Å²) in [5, 5.41) is 0. The van der Waals surface area contributed by atoms with Gasteiger partial charge in [0.1, 0.15) is 11.4 Å². The number of hydrogen-bond acceptors (Lipinski definition) is 3. The average Bonchev–Trinajstić information content (AvgIpc) is 3.03. The summed E-state index contributed by atoms with van der Waals surface area (Å²) in [5.41, 5.74) is 1.66. The van der Waals surface area contributed by atoms with Crippen LogP contribution in [0.15, 0.2) is 36.5 Å². The first-order valence-corrected chi connectivity index (χ1v) is 9.01. The first kappa shape index (κ1) is 17.5. The van der Waals surface area contributed by atoms with Gasteiger partial charge in [-0.15, -0.1) is 0 Å². The molecule has 134 valence electrons. The van der Waals surface area contributed by atoms with Crippen LogP contribution in [0, 0.1) is 0 Å². The van der Waals surface area contributed by atoms with E-state index < -0.39 is 5.60 Å². The number of imidazole rings is 1. The molecule has 1 aliphatic heterocycles. The number of carbonyl (C=O) groups excluding carboxylic acids is 1. The highest BCUT2D eigenvalue weighted by molar-refractivity contribution is 5.68. The van der Waals surface area contributed by atoms with E-state index in [0.29, 0.717) is 0 Å². The van der Waals surface area contributed by atoms with Crippen molar-refractivity contribution in [3.8, 4) is 11.3 Å². The van der Waals surface area contributed by atoms with Crippen molar-refractivity contribution >= 4 is 6.09 Å². The number of aromatic nitrogens is 2. The first-order chi connectivity index (χ1) is 11.9. The van der Waals surface area contributed by atoms with E-state index in [2.05, 4.69) is 22.1 Å². The summed E-state index contributed by atoms with van der Waals surface area (Å²) in [6.07, 6.45) is 5.53. The second-order valence-corrected chi connectivity index (χ2v) is 7.64. The Labute approximate surface area is 149 Å². The smallest absolute Gasteiger partial charge is 0.410 e. The molecule has 0 aliphatic carbocycles. The first-order valence-electron chi connectivity index (χ1n) is 9.01. The number of rotatable bonds is 3. The van der Waals surface area contributed by atoms with Gasteiger partial charge < -0.3 is 14.6 Å². The quantitative estimate of drug-likeness (QED) is 0.899. The number of H-pyrrole nitrogens is 1. The second-order valence-electron chi connectivity index (χ2n) is 7.64. The Bertz CT molecular complexity index is 703. The second kappa shape index (κ2) is 7.30. The van der Waals surface area contributed by atoms with E-state index in [9.17, 15) is 4.79 Å². The standard InChI is InChI=1S/C20H27N3O2/c1-20(2,3)25-19(24)23-12-8-7-11-16(23)13-18-21-14-17(22-18)15-9-5-4-6-10-15/h4-6,9-10,14,16H,7-8,11-13H2,1-3H3,(H,21,22). The molecule has 1 aliphatic rings. The topological polar surface area (TPSA) is 58.2 Å². The minimum atomic E-state index is -0.468. The van der Waals surface area contributed by atoms with Crippen molar-refractivity contribution in [1.82, 2.24) is 14.9 Å². The molecule has 3 rings (SSSR count). The van der Waals surface area contributed by atoms with Gasteiger partial charge in [0.15, 0.2) is 0 Å². The number of carbonyl (C=O) groups is 1. The van der Waals surface area contributed by atoms with Gasteiger partial charge in [-0.1, -0.05) is 30.3 Å². The molecule has 1 unspecified atom stereocenters. The van der Waals surface area contributed by atoms with Crippen molar-refractivity contribution in [3.05, 3.63) is 42.4 Å². The van der Waals surface area contributed by atoms with Crippen molar-refractivity contribution < 1.29 is 9.53 Å². The summed E-state index contributed by atoms with van der Waals surface area (Å²) in [4.78, 5) is 22.3. The lowest BCUT2D eigenvalue weighted by atomic mass is 9.99. The zero-order valence-corrected chi connectivity index (χ0v) is 15.3. The van der Waals surface area contributed by atoms with Gasteiger partial charge in [-0.3, -0.25) is 0 Å². The SMILES string of the molecule is CC(C)(C)OC(=O)N1CCCCC1Cc1ncc(-c2ccccc2)[nH]1. The molecule has 1 amide bonds. The average molecular weight is 341 g/mol. The third kappa shape index (κ3) is 4.62. The minimum Gasteiger partial charge on any atom is -0.444 e. The van der Waals surface area contributed by atoms with Crippen molar-refractivity contribution in [1.29, 1.82) is 0 Å². The molecule has 0 radical (unpaired) electrons. The molecule has 25 heavy (non-hydrogen) atoms. The highest BCUT2D eigenvalue weighted by Crippen LogP contribution is 2.24. The van der Waals surface area contributed by atoms with Crippen LogP contribution >= 0.6 is 0 Å².